The molecule has 0 atom stereocenters. The molecule has 2 aromatic rings. The van der Waals surface area contributed by atoms with Crippen LogP contribution in [0.1, 0.15) is 25.0 Å². The van der Waals surface area contributed by atoms with Gasteiger partial charge in [-0.05, 0) is 49.7 Å². The fraction of sp³-hybridized carbons (Fsp3) is 0.235. The Kier molecular flexibility index (Phi) is 4.60. The van der Waals surface area contributed by atoms with Crippen molar-refractivity contribution in [1.29, 1.82) is 5.26 Å². The number of nitriles is 1. The number of alkyl halides is 3. The molecule has 0 heterocycles. The molecule has 0 radical (unpaired) electrons. The largest absolute Gasteiger partial charge is 0.490 e. The van der Waals surface area contributed by atoms with E-state index >= 15 is 0 Å². The average Bonchev–Trinajstić information content (AvgIpc) is 2.46. The van der Waals surface area contributed by atoms with Crippen LogP contribution in [0, 0.1) is 17.1 Å². The minimum atomic E-state index is -4.57. The molecule has 2 aromatic carbocycles. The Morgan fingerprint density at radius 3 is 2.35 bits per heavy atom. The van der Waals surface area contributed by atoms with Gasteiger partial charge in [-0.2, -0.15) is 18.4 Å². The molecule has 23 heavy (non-hydrogen) atoms. The Labute approximate surface area is 130 Å². The van der Waals surface area contributed by atoms with Crippen molar-refractivity contribution in [3.8, 4) is 22.9 Å². The first-order chi connectivity index (χ1) is 10.7. The van der Waals surface area contributed by atoms with Gasteiger partial charge in [0, 0.05) is 5.56 Å². The van der Waals surface area contributed by atoms with Gasteiger partial charge in [-0.25, -0.2) is 4.39 Å². The van der Waals surface area contributed by atoms with Crippen molar-refractivity contribution in [1.82, 2.24) is 0 Å². The SMILES string of the molecule is CC(C)Oc1ccc(-c2cc(C(F)(F)F)ccc2F)cc1C#N. The Bertz CT molecular complexity index is 760. The normalized spacial score (nSPS) is 11.4. The lowest BCUT2D eigenvalue weighted by Crippen LogP contribution is -2.07. The summed E-state index contributed by atoms with van der Waals surface area (Å²) in [5.74, 6) is -0.488. The standard InChI is InChI=1S/C17H13F4NO/c1-10(2)23-16-6-3-11(7-12(16)9-22)14-8-13(17(19,20)21)4-5-15(14)18/h3-8,10H,1-2H3. The smallest absolute Gasteiger partial charge is 0.416 e. The van der Waals surface area contributed by atoms with Gasteiger partial charge in [0.15, 0.2) is 0 Å². The Hall–Kier alpha value is -2.55. The van der Waals surface area contributed by atoms with Crippen molar-refractivity contribution >= 4 is 0 Å². The van der Waals surface area contributed by atoms with Crippen LogP contribution in [0.25, 0.3) is 11.1 Å². The Balaban J connectivity index is 2.53. The second-order valence-electron chi connectivity index (χ2n) is 5.18. The second kappa shape index (κ2) is 6.29. The van der Waals surface area contributed by atoms with Crippen molar-refractivity contribution in [3.63, 3.8) is 0 Å². The molecule has 0 unspecified atom stereocenters. The van der Waals surface area contributed by atoms with Gasteiger partial charge in [0.1, 0.15) is 17.6 Å². The molecule has 0 bridgehead atoms. The summed E-state index contributed by atoms with van der Waals surface area (Å²) in [6, 6.07) is 8.28. The van der Waals surface area contributed by atoms with Gasteiger partial charge in [0.25, 0.3) is 0 Å². The van der Waals surface area contributed by atoms with Crippen molar-refractivity contribution in [2.75, 3.05) is 0 Å². The highest BCUT2D eigenvalue weighted by atomic mass is 19.4. The zero-order valence-electron chi connectivity index (χ0n) is 12.4. The van der Waals surface area contributed by atoms with E-state index in [1.54, 1.807) is 13.8 Å². The monoisotopic (exact) mass is 323 g/mol. The highest BCUT2D eigenvalue weighted by molar-refractivity contribution is 5.68. The van der Waals surface area contributed by atoms with E-state index in [2.05, 4.69) is 0 Å². The summed E-state index contributed by atoms with van der Waals surface area (Å²) >= 11 is 0. The molecule has 0 fully saturated rings. The average molecular weight is 323 g/mol. The maximum absolute atomic E-state index is 13.9. The number of hydrogen-bond acceptors (Lipinski definition) is 2. The third-order valence-electron chi connectivity index (χ3n) is 3.07. The van der Waals surface area contributed by atoms with Crippen molar-refractivity contribution in [3.05, 3.63) is 53.3 Å². The number of ether oxygens (including phenoxy) is 1. The van der Waals surface area contributed by atoms with Crippen LogP contribution in [0.15, 0.2) is 36.4 Å². The van der Waals surface area contributed by atoms with Crippen LogP contribution in [-0.4, -0.2) is 6.10 Å². The molecule has 0 N–H and O–H groups in total. The Morgan fingerprint density at radius 1 is 1.09 bits per heavy atom. The van der Waals surface area contributed by atoms with Crippen LogP contribution in [0.5, 0.6) is 5.75 Å². The number of hydrogen-bond donors (Lipinski definition) is 0. The number of rotatable bonds is 3. The third kappa shape index (κ3) is 3.81. The minimum Gasteiger partial charge on any atom is -0.490 e. The van der Waals surface area contributed by atoms with E-state index in [1.165, 1.54) is 18.2 Å². The summed E-state index contributed by atoms with van der Waals surface area (Å²) in [5, 5.41) is 9.15. The summed E-state index contributed by atoms with van der Waals surface area (Å²) in [6.07, 6.45) is -4.74. The van der Waals surface area contributed by atoms with Crippen LogP contribution in [0.4, 0.5) is 17.6 Å². The molecule has 0 aliphatic carbocycles. The number of halogens is 4. The third-order valence-corrected chi connectivity index (χ3v) is 3.07. The van der Waals surface area contributed by atoms with Crippen LogP contribution >= 0.6 is 0 Å². The molecule has 0 saturated carbocycles. The van der Waals surface area contributed by atoms with E-state index in [0.717, 1.165) is 12.1 Å². The van der Waals surface area contributed by atoms with Gasteiger partial charge in [0.2, 0.25) is 0 Å². The summed E-state index contributed by atoms with van der Waals surface area (Å²) in [6.45, 7) is 3.56. The van der Waals surface area contributed by atoms with Gasteiger partial charge in [-0.15, -0.1) is 0 Å². The van der Waals surface area contributed by atoms with E-state index in [9.17, 15) is 17.6 Å². The first-order valence-electron chi connectivity index (χ1n) is 6.80. The van der Waals surface area contributed by atoms with Gasteiger partial charge < -0.3 is 4.74 Å². The van der Waals surface area contributed by atoms with Gasteiger partial charge in [-0.3, -0.25) is 0 Å². The van der Waals surface area contributed by atoms with Gasteiger partial charge in [-0.1, -0.05) is 6.07 Å². The van der Waals surface area contributed by atoms with E-state index in [1.807, 2.05) is 6.07 Å². The van der Waals surface area contributed by atoms with Gasteiger partial charge >= 0.3 is 6.18 Å². The number of nitrogens with zero attached hydrogens (tertiary/aromatic N) is 1. The molecule has 2 rings (SSSR count). The maximum atomic E-state index is 13.9. The zero-order chi connectivity index (χ0) is 17.2. The fourth-order valence-electron chi connectivity index (χ4n) is 2.06. The lowest BCUT2D eigenvalue weighted by atomic mass is 10.00. The predicted octanol–water partition coefficient (Wildman–Crippen LogP) is 5.17. The molecule has 120 valence electrons. The van der Waals surface area contributed by atoms with Crippen molar-refractivity contribution in [2.45, 2.75) is 26.1 Å². The maximum Gasteiger partial charge on any atom is 0.416 e. The van der Waals surface area contributed by atoms with Crippen LogP contribution in [0.2, 0.25) is 0 Å². The quantitative estimate of drug-likeness (QED) is 0.730. The molecule has 0 aromatic heterocycles. The fourth-order valence-corrected chi connectivity index (χ4v) is 2.06. The van der Waals surface area contributed by atoms with E-state index < -0.39 is 17.6 Å². The van der Waals surface area contributed by atoms with Gasteiger partial charge in [0.05, 0.1) is 17.2 Å². The molecule has 0 amide bonds. The lowest BCUT2D eigenvalue weighted by molar-refractivity contribution is -0.137. The van der Waals surface area contributed by atoms with Crippen molar-refractivity contribution < 1.29 is 22.3 Å². The molecule has 6 heteroatoms. The van der Waals surface area contributed by atoms with Crippen LogP contribution in [0.3, 0.4) is 0 Å². The topological polar surface area (TPSA) is 33.0 Å². The second-order valence-corrected chi connectivity index (χ2v) is 5.18. The highest BCUT2D eigenvalue weighted by Crippen LogP contribution is 2.35. The molecule has 0 aliphatic heterocycles. The van der Waals surface area contributed by atoms with E-state index in [0.29, 0.717) is 11.8 Å². The lowest BCUT2D eigenvalue weighted by Gasteiger charge is -2.13. The van der Waals surface area contributed by atoms with Crippen molar-refractivity contribution in [2.24, 2.45) is 0 Å². The predicted molar refractivity (Wildman–Crippen MR) is 77.3 cm³/mol. The minimum absolute atomic E-state index is 0.132. The molecule has 0 spiro atoms. The zero-order valence-corrected chi connectivity index (χ0v) is 12.4. The number of benzene rings is 2. The summed E-state index contributed by atoms with van der Waals surface area (Å²) < 4.78 is 57.7. The first kappa shape index (κ1) is 16.8. The van der Waals surface area contributed by atoms with E-state index in [4.69, 9.17) is 10.00 Å². The molecular formula is C17H13F4NO. The molecule has 0 aliphatic rings. The van der Waals surface area contributed by atoms with Crippen LogP contribution in [-0.2, 0) is 6.18 Å². The molecule has 0 saturated heterocycles. The van der Waals surface area contributed by atoms with Crippen LogP contribution < -0.4 is 4.74 Å². The summed E-state index contributed by atoms with van der Waals surface area (Å²) in [4.78, 5) is 0. The molecule has 2 nitrogen and oxygen atoms in total. The summed E-state index contributed by atoms with van der Waals surface area (Å²) in [5.41, 5.74) is -0.850. The first-order valence-corrected chi connectivity index (χ1v) is 6.80. The van der Waals surface area contributed by atoms with E-state index in [-0.39, 0.29) is 22.8 Å². The highest BCUT2D eigenvalue weighted by Gasteiger charge is 2.31. The molecular weight excluding hydrogens is 310 g/mol. The summed E-state index contributed by atoms with van der Waals surface area (Å²) in [7, 11) is 0. The Morgan fingerprint density at radius 2 is 1.78 bits per heavy atom.